The van der Waals surface area contributed by atoms with Gasteiger partial charge in [-0.25, -0.2) is 0 Å². The lowest BCUT2D eigenvalue weighted by molar-refractivity contribution is -0.137. The third-order valence-electron chi connectivity index (χ3n) is 2.31. The molecule has 0 radical (unpaired) electrons. The molecule has 0 aromatic carbocycles. The maximum Gasteiger partial charge on any atom is 0.303 e. The number of hydrogen-bond donors (Lipinski definition) is 2. The quantitative estimate of drug-likeness (QED) is 0.717. The van der Waals surface area contributed by atoms with Crippen LogP contribution >= 0.6 is 0 Å². The van der Waals surface area contributed by atoms with Crippen LogP contribution in [0.4, 0.5) is 0 Å². The van der Waals surface area contributed by atoms with Gasteiger partial charge in [0.15, 0.2) is 0 Å². The molecule has 0 amide bonds. The topological polar surface area (TPSA) is 74.0 Å². The lowest BCUT2D eigenvalue weighted by Gasteiger charge is -1.98. The van der Waals surface area contributed by atoms with Crippen LogP contribution in [0.25, 0.3) is 0 Å². The monoisotopic (exact) mass is 220 g/mol. The van der Waals surface area contributed by atoms with Crippen molar-refractivity contribution in [2.24, 2.45) is 0 Å². The molecule has 0 aliphatic rings. The third-order valence-corrected chi connectivity index (χ3v) is 2.31. The predicted molar refractivity (Wildman–Crippen MR) is 59.9 cm³/mol. The molecule has 4 nitrogen and oxygen atoms in total. The molecule has 1 rings (SSSR count). The summed E-state index contributed by atoms with van der Waals surface area (Å²) in [5, 5.41) is 16.6. The van der Waals surface area contributed by atoms with Crippen LogP contribution in [0.3, 0.4) is 0 Å². The van der Waals surface area contributed by atoms with Crippen LogP contribution in [-0.4, -0.2) is 16.1 Å². The molecular weight excluding hydrogens is 204 g/mol. The van der Waals surface area contributed by atoms with Crippen molar-refractivity contribution in [3.8, 4) is 0 Å². The van der Waals surface area contributed by atoms with E-state index < -0.39 is 5.97 Å². The average Bonchev–Trinajstić information content (AvgIpc) is 2.43. The van der Waals surface area contributed by atoms with Crippen LogP contribution in [0, 0.1) is 5.41 Å². The van der Waals surface area contributed by atoms with E-state index in [0.717, 1.165) is 25.0 Å². The molecule has 0 aliphatic heterocycles. The fourth-order valence-electron chi connectivity index (χ4n) is 1.44. The summed E-state index contributed by atoms with van der Waals surface area (Å²) >= 11 is 0. The second-order valence-corrected chi connectivity index (χ2v) is 3.64. The number of aryl methyl sites for hydroxylation is 1. The Bertz CT molecular complexity index is 404. The number of carbonyl (C=O) groups is 1. The smallest absolute Gasteiger partial charge is 0.303 e. The van der Waals surface area contributed by atoms with Gasteiger partial charge < -0.3 is 5.11 Å². The first-order valence-electron chi connectivity index (χ1n) is 5.41. The van der Waals surface area contributed by atoms with Crippen molar-refractivity contribution in [2.75, 3.05) is 0 Å². The number of carboxylic acid groups (broad SMARTS) is 1. The average molecular weight is 220 g/mol. The van der Waals surface area contributed by atoms with E-state index in [1.807, 2.05) is 0 Å². The lowest BCUT2D eigenvalue weighted by atomic mass is 10.1. The normalized spacial score (nSPS) is 10.0. The molecule has 0 fully saturated rings. The van der Waals surface area contributed by atoms with Gasteiger partial charge in [0.1, 0.15) is 0 Å². The van der Waals surface area contributed by atoms with E-state index in [0.29, 0.717) is 11.8 Å². The molecule has 2 N–H and O–H groups in total. The number of aliphatic carboxylic acids is 1. The van der Waals surface area contributed by atoms with E-state index in [4.69, 9.17) is 10.5 Å². The maximum absolute atomic E-state index is 10.3. The van der Waals surface area contributed by atoms with Crippen LogP contribution in [0.5, 0.6) is 0 Å². The molecule has 0 saturated heterocycles. The SMILES string of the molecule is N=c1ccccnc1CCCCCC(=O)O. The molecule has 0 bridgehead atoms. The van der Waals surface area contributed by atoms with Crippen LogP contribution < -0.4 is 5.36 Å². The second kappa shape index (κ2) is 6.71. The highest BCUT2D eigenvalue weighted by molar-refractivity contribution is 5.66. The number of carboxylic acids is 1. The van der Waals surface area contributed by atoms with Gasteiger partial charge in [0, 0.05) is 12.6 Å². The van der Waals surface area contributed by atoms with Gasteiger partial charge in [0.05, 0.1) is 11.1 Å². The van der Waals surface area contributed by atoms with Gasteiger partial charge in [0.2, 0.25) is 0 Å². The van der Waals surface area contributed by atoms with Crippen LogP contribution in [-0.2, 0) is 11.2 Å². The first-order chi connectivity index (χ1) is 7.70. The molecule has 4 heteroatoms. The van der Waals surface area contributed by atoms with E-state index in [1.54, 1.807) is 24.4 Å². The highest BCUT2D eigenvalue weighted by Gasteiger charge is 1.98. The fraction of sp³-hybridized carbons (Fsp3) is 0.417. The molecule has 1 aromatic heterocycles. The Kier molecular flexibility index (Phi) is 5.19. The van der Waals surface area contributed by atoms with Gasteiger partial charge in [-0.05, 0) is 31.4 Å². The van der Waals surface area contributed by atoms with Gasteiger partial charge >= 0.3 is 5.97 Å². The summed E-state index contributed by atoms with van der Waals surface area (Å²) in [6, 6.07) is 5.31. The maximum atomic E-state index is 10.3. The van der Waals surface area contributed by atoms with Gasteiger partial charge in [-0.3, -0.25) is 15.2 Å². The standard InChI is InChI=1S/C12H16N2O2/c13-10-6-4-5-9-14-11(10)7-2-1-3-8-12(15)16/h4-6,9,13H,1-3,7-8H2,(H,15,16). The number of hydrogen-bond acceptors (Lipinski definition) is 3. The highest BCUT2D eigenvalue weighted by Crippen LogP contribution is 2.03. The molecule has 16 heavy (non-hydrogen) atoms. The molecular formula is C12H16N2O2. The van der Waals surface area contributed by atoms with Crippen molar-refractivity contribution in [1.29, 1.82) is 5.41 Å². The fourth-order valence-corrected chi connectivity index (χ4v) is 1.44. The van der Waals surface area contributed by atoms with Gasteiger partial charge in [0.25, 0.3) is 0 Å². The first kappa shape index (κ1) is 12.4. The van der Waals surface area contributed by atoms with Crippen molar-refractivity contribution >= 4 is 5.97 Å². The molecule has 0 unspecified atom stereocenters. The van der Waals surface area contributed by atoms with Gasteiger partial charge in [-0.2, -0.15) is 0 Å². The number of rotatable bonds is 6. The Balaban J connectivity index is 2.35. The van der Waals surface area contributed by atoms with Crippen LogP contribution in [0.2, 0.25) is 0 Å². The minimum atomic E-state index is -0.745. The second-order valence-electron chi connectivity index (χ2n) is 3.64. The Labute approximate surface area is 94.5 Å². The van der Waals surface area contributed by atoms with Gasteiger partial charge in [-0.1, -0.05) is 12.5 Å². The molecule has 1 heterocycles. The molecule has 0 spiro atoms. The van der Waals surface area contributed by atoms with Crippen LogP contribution in [0.15, 0.2) is 24.4 Å². The van der Waals surface area contributed by atoms with E-state index >= 15 is 0 Å². The summed E-state index contributed by atoms with van der Waals surface area (Å²) in [6.45, 7) is 0. The molecule has 1 aromatic rings. The Morgan fingerprint density at radius 2 is 2.12 bits per heavy atom. The largest absolute Gasteiger partial charge is 0.481 e. The number of aromatic nitrogens is 1. The van der Waals surface area contributed by atoms with Crippen molar-refractivity contribution in [3.63, 3.8) is 0 Å². The zero-order valence-electron chi connectivity index (χ0n) is 9.15. The number of nitrogens with one attached hydrogen (secondary N) is 1. The minimum absolute atomic E-state index is 0.226. The summed E-state index contributed by atoms with van der Waals surface area (Å²) in [7, 11) is 0. The third kappa shape index (κ3) is 4.68. The molecule has 86 valence electrons. The van der Waals surface area contributed by atoms with Crippen LogP contribution in [0.1, 0.15) is 31.4 Å². The zero-order valence-corrected chi connectivity index (χ0v) is 9.15. The van der Waals surface area contributed by atoms with Gasteiger partial charge in [-0.15, -0.1) is 0 Å². The van der Waals surface area contributed by atoms with E-state index in [2.05, 4.69) is 4.98 Å². The summed E-state index contributed by atoms with van der Waals surface area (Å²) in [6.07, 6.45) is 5.10. The Morgan fingerprint density at radius 1 is 1.31 bits per heavy atom. The number of unbranched alkanes of at least 4 members (excludes halogenated alkanes) is 2. The summed E-state index contributed by atoms with van der Waals surface area (Å²) in [5.41, 5.74) is 0.778. The predicted octanol–water partition coefficient (Wildman–Crippen LogP) is 1.75. The van der Waals surface area contributed by atoms with Crippen molar-refractivity contribution in [1.82, 2.24) is 4.98 Å². The van der Waals surface area contributed by atoms with E-state index in [9.17, 15) is 4.79 Å². The summed E-state index contributed by atoms with van der Waals surface area (Å²) in [4.78, 5) is 14.5. The van der Waals surface area contributed by atoms with Crippen molar-refractivity contribution in [3.05, 3.63) is 35.4 Å². The summed E-state index contributed by atoms with van der Waals surface area (Å²) < 4.78 is 0. The summed E-state index contributed by atoms with van der Waals surface area (Å²) in [5.74, 6) is -0.745. The minimum Gasteiger partial charge on any atom is -0.481 e. The van der Waals surface area contributed by atoms with E-state index in [-0.39, 0.29) is 6.42 Å². The first-order valence-corrected chi connectivity index (χ1v) is 5.41. The molecule has 0 atom stereocenters. The molecule has 0 saturated carbocycles. The highest BCUT2D eigenvalue weighted by atomic mass is 16.4. The Morgan fingerprint density at radius 3 is 2.88 bits per heavy atom. The Hall–Kier alpha value is -1.71. The molecule has 0 aliphatic carbocycles. The lowest BCUT2D eigenvalue weighted by Crippen LogP contribution is -2.06. The van der Waals surface area contributed by atoms with Crippen molar-refractivity contribution < 1.29 is 9.90 Å². The number of nitrogens with zero attached hydrogens (tertiary/aromatic N) is 1. The van der Waals surface area contributed by atoms with Crippen molar-refractivity contribution in [2.45, 2.75) is 32.1 Å². The zero-order chi connectivity index (χ0) is 11.8. The van der Waals surface area contributed by atoms with E-state index in [1.165, 1.54) is 0 Å².